The van der Waals surface area contributed by atoms with Crippen molar-refractivity contribution in [3.63, 3.8) is 0 Å². The number of sulfonamides is 1. The molecule has 1 N–H and O–H groups in total. The van der Waals surface area contributed by atoms with Gasteiger partial charge in [0.05, 0.1) is 4.90 Å². The minimum atomic E-state index is -3.76. The Morgan fingerprint density at radius 2 is 1.93 bits per heavy atom. The van der Waals surface area contributed by atoms with E-state index < -0.39 is 40.1 Å². The molecule has 0 saturated heterocycles. The Hall–Kier alpha value is -2.20. The van der Waals surface area contributed by atoms with Gasteiger partial charge in [-0.1, -0.05) is 13.8 Å². The molecule has 0 aliphatic heterocycles. The first-order chi connectivity index (χ1) is 12.7. The van der Waals surface area contributed by atoms with Crippen LogP contribution >= 0.6 is 0 Å². The molecule has 10 heteroatoms. The Bertz CT molecular complexity index is 856. The first-order valence-corrected chi connectivity index (χ1v) is 10.3. The van der Waals surface area contributed by atoms with Crippen molar-refractivity contribution < 1.29 is 22.7 Å². The van der Waals surface area contributed by atoms with Crippen molar-refractivity contribution in [1.82, 2.24) is 14.2 Å². The fourth-order valence-corrected chi connectivity index (χ4v) is 3.95. The Kier molecular flexibility index (Phi) is 6.77. The summed E-state index contributed by atoms with van der Waals surface area (Å²) < 4.78 is 32.4. The fourth-order valence-electron chi connectivity index (χ4n) is 2.47. The van der Waals surface area contributed by atoms with Crippen LogP contribution in [0.25, 0.3) is 0 Å². The zero-order valence-electron chi connectivity index (χ0n) is 15.7. The normalized spacial score (nSPS) is 15.4. The molecule has 1 heterocycles. The topological polar surface area (TPSA) is 115 Å². The second-order valence-corrected chi connectivity index (χ2v) is 8.27. The molecule has 0 spiro atoms. The summed E-state index contributed by atoms with van der Waals surface area (Å²) in [6.07, 6.45) is 1.95. The van der Waals surface area contributed by atoms with E-state index in [2.05, 4.69) is 5.32 Å². The molecule has 1 saturated carbocycles. The van der Waals surface area contributed by atoms with Crippen molar-refractivity contribution in [3.05, 3.63) is 28.7 Å². The van der Waals surface area contributed by atoms with E-state index in [1.54, 1.807) is 13.8 Å². The molecule has 1 aromatic rings. The van der Waals surface area contributed by atoms with E-state index in [1.807, 2.05) is 0 Å². The van der Waals surface area contributed by atoms with Crippen molar-refractivity contribution in [3.8, 4) is 0 Å². The van der Waals surface area contributed by atoms with Crippen LogP contribution < -0.4 is 10.9 Å². The number of carbonyl (C=O) groups is 2. The predicted octanol–water partition coefficient (Wildman–Crippen LogP) is 0.0891. The number of esters is 1. The van der Waals surface area contributed by atoms with Gasteiger partial charge in [-0.2, -0.15) is 4.31 Å². The first-order valence-electron chi connectivity index (χ1n) is 8.89. The van der Waals surface area contributed by atoms with Gasteiger partial charge in [-0.3, -0.25) is 14.4 Å². The van der Waals surface area contributed by atoms with E-state index in [0.29, 0.717) is 0 Å². The Morgan fingerprint density at radius 1 is 1.30 bits per heavy atom. The number of nitrogens with one attached hydrogen (secondary N) is 1. The summed E-state index contributed by atoms with van der Waals surface area (Å²) in [5, 5.41) is 2.72. The highest BCUT2D eigenvalue weighted by atomic mass is 32.2. The highest BCUT2D eigenvalue weighted by molar-refractivity contribution is 7.89. The summed E-state index contributed by atoms with van der Waals surface area (Å²) in [6.45, 7) is 4.95. The summed E-state index contributed by atoms with van der Waals surface area (Å²) in [6, 6.07) is 2.44. The zero-order chi connectivity index (χ0) is 20.2. The molecule has 0 aromatic carbocycles. The minimum absolute atomic E-state index is 0.0851. The molecule has 1 fully saturated rings. The van der Waals surface area contributed by atoms with Gasteiger partial charge in [-0.15, -0.1) is 0 Å². The van der Waals surface area contributed by atoms with Gasteiger partial charge in [0.2, 0.25) is 10.0 Å². The van der Waals surface area contributed by atoms with Gasteiger partial charge in [0, 0.05) is 31.4 Å². The number of nitrogens with zero attached hydrogens (tertiary/aromatic N) is 2. The molecule has 1 atom stereocenters. The third kappa shape index (κ3) is 5.39. The third-order valence-electron chi connectivity index (χ3n) is 4.20. The number of ether oxygens (including phenoxy) is 1. The molecule has 150 valence electrons. The van der Waals surface area contributed by atoms with Crippen LogP contribution in [0.5, 0.6) is 0 Å². The van der Waals surface area contributed by atoms with Crippen LogP contribution in [-0.2, 0) is 30.9 Å². The molecule has 1 amide bonds. The molecule has 27 heavy (non-hydrogen) atoms. The van der Waals surface area contributed by atoms with E-state index >= 15 is 0 Å². The first kappa shape index (κ1) is 21.1. The Morgan fingerprint density at radius 3 is 2.48 bits per heavy atom. The molecular formula is C17H25N3O6S. The number of hydrogen-bond donors (Lipinski definition) is 1. The van der Waals surface area contributed by atoms with E-state index in [1.165, 1.54) is 17.3 Å². The number of amides is 1. The van der Waals surface area contributed by atoms with E-state index in [9.17, 15) is 22.8 Å². The van der Waals surface area contributed by atoms with Crippen molar-refractivity contribution >= 4 is 21.9 Å². The average molecular weight is 399 g/mol. The van der Waals surface area contributed by atoms with Crippen LogP contribution in [0.3, 0.4) is 0 Å². The lowest BCUT2D eigenvalue weighted by atomic mass is 10.3. The van der Waals surface area contributed by atoms with Crippen LogP contribution in [0.2, 0.25) is 0 Å². The third-order valence-corrected chi connectivity index (χ3v) is 6.23. The zero-order valence-corrected chi connectivity index (χ0v) is 16.5. The van der Waals surface area contributed by atoms with Crippen LogP contribution in [0.4, 0.5) is 0 Å². The van der Waals surface area contributed by atoms with Crippen molar-refractivity contribution in [2.45, 2.75) is 57.2 Å². The van der Waals surface area contributed by atoms with Gasteiger partial charge in [-0.25, -0.2) is 8.42 Å². The van der Waals surface area contributed by atoms with E-state index in [4.69, 9.17) is 4.74 Å². The number of aromatic nitrogens is 1. The summed E-state index contributed by atoms with van der Waals surface area (Å²) in [7, 11) is -3.76. The number of hydrogen-bond acceptors (Lipinski definition) is 6. The molecule has 0 radical (unpaired) electrons. The van der Waals surface area contributed by atoms with Gasteiger partial charge in [-0.05, 0) is 25.8 Å². The molecule has 1 aliphatic rings. The highest BCUT2D eigenvalue weighted by Crippen LogP contribution is 2.19. The molecule has 1 aliphatic carbocycles. The quantitative estimate of drug-likeness (QED) is 0.589. The van der Waals surface area contributed by atoms with Crippen LogP contribution in [0.1, 0.15) is 33.6 Å². The Balaban J connectivity index is 2.10. The smallest absolute Gasteiger partial charge is 0.326 e. The van der Waals surface area contributed by atoms with Gasteiger partial charge in [0.15, 0.2) is 6.10 Å². The number of rotatable bonds is 9. The molecule has 0 bridgehead atoms. The van der Waals surface area contributed by atoms with Gasteiger partial charge in [0.1, 0.15) is 6.54 Å². The van der Waals surface area contributed by atoms with Gasteiger partial charge in [0.25, 0.3) is 11.5 Å². The standard InChI is InChI=1S/C17H25N3O6S/c1-4-20(5-2)27(24,25)14-8-9-15(21)19(10-14)11-16(22)26-12(3)17(23)18-13-6-7-13/h8-10,12-13H,4-7,11H2,1-3H3,(H,18,23)/t12-/m0/s1. The summed E-state index contributed by atoms with van der Waals surface area (Å²) in [5.74, 6) is -1.19. The largest absolute Gasteiger partial charge is 0.451 e. The van der Waals surface area contributed by atoms with Gasteiger partial charge >= 0.3 is 5.97 Å². The lowest BCUT2D eigenvalue weighted by Crippen LogP contribution is -2.38. The SMILES string of the molecule is CCN(CC)S(=O)(=O)c1ccc(=O)n(CC(=O)O[C@@H](C)C(=O)NC2CC2)c1. The Labute approximate surface area is 158 Å². The van der Waals surface area contributed by atoms with Gasteiger partial charge < -0.3 is 14.6 Å². The average Bonchev–Trinajstić information content (AvgIpc) is 3.41. The van der Waals surface area contributed by atoms with Crippen molar-refractivity contribution in [1.29, 1.82) is 0 Å². The van der Waals surface area contributed by atoms with E-state index in [-0.39, 0.29) is 24.0 Å². The number of carbonyl (C=O) groups excluding carboxylic acids is 2. The molecule has 2 rings (SSSR count). The summed E-state index contributed by atoms with van der Waals surface area (Å²) in [4.78, 5) is 35.8. The van der Waals surface area contributed by atoms with Crippen LogP contribution in [0, 0.1) is 0 Å². The van der Waals surface area contributed by atoms with Crippen molar-refractivity contribution in [2.75, 3.05) is 13.1 Å². The maximum absolute atomic E-state index is 12.6. The fraction of sp³-hybridized carbons (Fsp3) is 0.588. The predicted molar refractivity (Wildman–Crippen MR) is 97.5 cm³/mol. The summed E-state index contributed by atoms with van der Waals surface area (Å²) in [5.41, 5.74) is -0.541. The van der Waals surface area contributed by atoms with Crippen LogP contribution in [-0.4, -0.2) is 54.4 Å². The van der Waals surface area contributed by atoms with E-state index in [0.717, 1.165) is 29.7 Å². The second-order valence-electron chi connectivity index (χ2n) is 6.34. The molecule has 0 unspecified atom stereocenters. The molecule has 1 aromatic heterocycles. The second kappa shape index (κ2) is 8.66. The monoisotopic (exact) mass is 399 g/mol. The highest BCUT2D eigenvalue weighted by Gasteiger charge is 2.27. The van der Waals surface area contributed by atoms with Crippen LogP contribution in [0.15, 0.2) is 28.0 Å². The minimum Gasteiger partial charge on any atom is -0.451 e. The maximum Gasteiger partial charge on any atom is 0.326 e. The lowest BCUT2D eigenvalue weighted by molar-refractivity contribution is -0.155. The number of pyridine rings is 1. The van der Waals surface area contributed by atoms with Crippen molar-refractivity contribution in [2.24, 2.45) is 0 Å². The summed E-state index contributed by atoms with van der Waals surface area (Å²) >= 11 is 0. The lowest BCUT2D eigenvalue weighted by Gasteiger charge is -2.19. The maximum atomic E-state index is 12.6. The molecule has 9 nitrogen and oxygen atoms in total. The molecular weight excluding hydrogens is 374 g/mol.